The standard InChI is InChI=1S/C15H17N3S/c1-11-6-12(9-17-8-11)10-18(2)14-5-3-4-13(7-14)15(16)19/h3-9H,10H2,1-2H3,(H2,16,19). The fourth-order valence-electron chi connectivity index (χ4n) is 1.97. The van der Waals surface area contributed by atoms with Crippen molar-refractivity contribution in [3.8, 4) is 0 Å². The first-order valence-electron chi connectivity index (χ1n) is 6.08. The van der Waals surface area contributed by atoms with E-state index < -0.39 is 0 Å². The van der Waals surface area contributed by atoms with Crippen molar-refractivity contribution in [2.45, 2.75) is 13.5 Å². The summed E-state index contributed by atoms with van der Waals surface area (Å²) >= 11 is 5.00. The highest BCUT2D eigenvalue weighted by Crippen LogP contribution is 2.17. The van der Waals surface area contributed by atoms with E-state index in [1.165, 1.54) is 11.1 Å². The van der Waals surface area contributed by atoms with Gasteiger partial charge in [-0.3, -0.25) is 4.98 Å². The number of nitrogens with two attached hydrogens (primary N) is 1. The van der Waals surface area contributed by atoms with Crippen molar-refractivity contribution in [3.63, 3.8) is 0 Å². The van der Waals surface area contributed by atoms with Crippen LogP contribution in [0.1, 0.15) is 16.7 Å². The van der Waals surface area contributed by atoms with Crippen molar-refractivity contribution < 1.29 is 0 Å². The fraction of sp³-hybridized carbons (Fsp3) is 0.200. The number of benzene rings is 1. The van der Waals surface area contributed by atoms with Crippen LogP contribution >= 0.6 is 12.2 Å². The number of hydrogen-bond acceptors (Lipinski definition) is 3. The molecule has 0 radical (unpaired) electrons. The van der Waals surface area contributed by atoms with Crippen LogP contribution in [-0.2, 0) is 6.54 Å². The average Bonchev–Trinajstić information content (AvgIpc) is 2.39. The van der Waals surface area contributed by atoms with Gasteiger partial charge in [-0.25, -0.2) is 0 Å². The Balaban J connectivity index is 2.18. The summed E-state index contributed by atoms with van der Waals surface area (Å²) in [5.74, 6) is 0. The molecule has 0 atom stereocenters. The van der Waals surface area contributed by atoms with E-state index in [4.69, 9.17) is 18.0 Å². The Hall–Kier alpha value is -1.94. The maximum absolute atomic E-state index is 5.66. The Morgan fingerprint density at radius 1 is 1.32 bits per heavy atom. The van der Waals surface area contributed by atoms with E-state index in [9.17, 15) is 0 Å². The molecule has 1 heterocycles. The van der Waals surface area contributed by atoms with E-state index in [2.05, 4.69) is 16.0 Å². The normalized spacial score (nSPS) is 10.2. The van der Waals surface area contributed by atoms with Gasteiger partial charge in [-0.05, 0) is 30.2 Å². The first-order chi connectivity index (χ1) is 9.06. The molecule has 1 aromatic carbocycles. The zero-order valence-corrected chi connectivity index (χ0v) is 11.9. The summed E-state index contributed by atoms with van der Waals surface area (Å²) in [5, 5.41) is 0. The van der Waals surface area contributed by atoms with Gasteiger partial charge in [0.2, 0.25) is 0 Å². The van der Waals surface area contributed by atoms with Crippen LogP contribution in [0.2, 0.25) is 0 Å². The smallest absolute Gasteiger partial charge is 0.104 e. The van der Waals surface area contributed by atoms with Gasteiger partial charge in [0.1, 0.15) is 4.99 Å². The molecule has 0 spiro atoms. The molecule has 4 heteroatoms. The maximum Gasteiger partial charge on any atom is 0.104 e. The van der Waals surface area contributed by atoms with Gasteiger partial charge in [0, 0.05) is 37.2 Å². The Morgan fingerprint density at radius 3 is 2.79 bits per heavy atom. The summed E-state index contributed by atoms with van der Waals surface area (Å²) < 4.78 is 0. The van der Waals surface area contributed by atoms with Gasteiger partial charge in [-0.1, -0.05) is 30.4 Å². The number of anilines is 1. The molecular weight excluding hydrogens is 254 g/mol. The summed E-state index contributed by atoms with van der Waals surface area (Å²) in [4.78, 5) is 6.78. The molecule has 3 nitrogen and oxygen atoms in total. The van der Waals surface area contributed by atoms with Gasteiger partial charge in [-0.2, -0.15) is 0 Å². The zero-order chi connectivity index (χ0) is 13.8. The lowest BCUT2D eigenvalue weighted by atomic mass is 10.1. The highest BCUT2D eigenvalue weighted by molar-refractivity contribution is 7.80. The van der Waals surface area contributed by atoms with E-state index in [0.717, 1.165) is 17.8 Å². The highest BCUT2D eigenvalue weighted by Gasteiger charge is 2.05. The summed E-state index contributed by atoms with van der Waals surface area (Å²) in [6, 6.07) is 10.1. The number of aromatic nitrogens is 1. The summed E-state index contributed by atoms with van der Waals surface area (Å²) in [5.41, 5.74) is 9.99. The number of nitrogens with zero attached hydrogens (tertiary/aromatic N) is 2. The predicted molar refractivity (Wildman–Crippen MR) is 83.4 cm³/mol. The third-order valence-corrected chi connectivity index (χ3v) is 3.16. The third-order valence-electron chi connectivity index (χ3n) is 2.92. The summed E-state index contributed by atoms with van der Waals surface area (Å²) in [6.45, 7) is 2.85. The van der Waals surface area contributed by atoms with Gasteiger partial charge in [0.15, 0.2) is 0 Å². The SMILES string of the molecule is Cc1cncc(CN(C)c2cccc(C(N)=S)c2)c1. The molecule has 1 aromatic heterocycles. The lowest BCUT2D eigenvalue weighted by Crippen LogP contribution is -2.17. The molecule has 0 saturated carbocycles. The van der Waals surface area contributed by atoms with Gasteiger partial charge < -0.3 is 10.6 Å². The molecular formula is C15H17N3S. The van der Waals surface area contributed by atoms with Crippen LogP contribution in [0.15, 0.2) is 42.7 Å². The molecule has 0 saturated heterocycles. The molecule has 0 aliphatic heterocycles. The van der Waals surface area contributed by atoms with Crippen LogP contribution in [0.5, 0.6) is 0 Å². The minimum atomic E-state index is 0.424. The van der Waals surface area contributed by atoms with Crippen molar-refractivity contribution >= 4 is 22.9 Å². The van der Waals surface area contributed by atoms with Gasteiger partial charge in [0.05, 0.1) is 0 Å². The van der Waals surface area contributed by atoms with E-state index in [-0.39, 0.29) is 0 Å². The number of aryl methyl sites for hydroxylation is 1. The molecule has 0 fully saturated rings. The quantitative estimate of drug-likeness (QED) is 0.868. The monoisotopic (exact) mass is 271 g/mol. The van der Waals surface area contributed by atoms with Crippen LogP contribution in [0, 0.1) is 6.92 Å². The van der Waals surface area contributed by atoms with Crippen LogP contribution in [0.3, 0.4) is 0 Å². The first kappa shape index (κ1) is 13.5. The second kappa shape index (κ2) is 5.80. The summed E-state index contributed by atoms with van der Waals surface area (Å²) in [7, 11) is 2.04. The van der Waals surface area contributed by atoms with Crippen molar-refractivity contribution in [1.29, 1.82) is 0 Å². The Kier molecular flexibility index (Phi) is 4.12. The number of rotatable bonds is 4. The van der Waals surface area contributed by atoms with Gasteiger partial charge in [0.25, 0.3) is 0 Å². The van der Waals surface area contributed by atoms with Crippen LogP contribution in [0.4, 0.5) is 5.69 Å². The highest BCUT2D eigenvalue weighted by atomic mass is 32.1. The Bertz CT molecular complexity index is 595. The molecule has 98 valence electrons. The van der Waals surface area contributed by atoms with E-state index in [0.29, 0.717) is 4.99 Å². The fourth-order valence-corrected chi connectivity index (χ4v) is 2.09. The maximum atomic E-state index is 5.66. The minimum absolute atomic E-state index is 0.424. The first-order valence-corrected chi connectivity index (χ1v) is 6.48. The molecule has 0 unspecified atom stereocenters. The molecule has 0 aliphatic rings. The van der Waals surface area contributed by atoms with Crippen LogP contribution in [-0.4, -0.2) is 17.0 Å². The number of thiocarbonyl (C=S) groups is 1. The lowest BCUT2D eigenvalue weighted by molar-refractivity contribution is 0.912. The van der Waals surface area contributed by atoms with Crippen molar-refractivity contribution in [2.75, 3.05) is 11.9 Å². The van der Waals surface area contributed by atoms with E-state index >= 15 is 0 Å². The summed E-state index contributed by atoms with van der Waals surface area (Å²) in [6.07, 6.45) is 3.75. The van der Waals surface area contributed by atoms with E-state index in [1.54, 1.807) is 0 Å². The second-order valence-corrected chi connectivity index (χ2v) is 5.08. The molecule has 2 N–H and O–H groups in total. The largest absolute Gasteiger partial charge is 0.389 e. The Morgan fingerprint density at radius 2 is 2.11 bits per heavy atom. The van der Waals surface area contributed by atoms with Crippen molar-refractivity contribution in [2.24, 2.45) is 5.73 Å². The predicted octanol–water partition coefficient (Wildman–Crippen LogP) is 2.66. The minimum Gasteiger partial charge on any atom is -0.389 e. The van der Waals surface area contributed by atoms with Crippen LogP contribution < -0.4 is 10.6 Å². The Labute approximate surface area is 119 Å². The van der Waals surface area contributed by atoms with Crippen LogP contribution in [0.25, 0.3) is 0 Å². The van der Waals surface area contributed by atoms with Crippen molar-refractivity contribution in [3.05, 3.63) is 59.4 Å². The number of hydrogen-bond donors (Lipinski definition) is 1. The van der Waals surface area contributed by atoms with Gasteiger partial charge in [-0.15, -0.1) is 0 Å². The third kappa shape index (κ3) is 3.51. The second-order valence-electron chi connectivity index (χ2n) is 4.64. The van der Waals surface area contributed by atoms with Gasteiger partial charge >= 0.3 is 0 Å². The van der Waals surface area contributed by atoms with Crippen molar-refractivity contribution in [1.82, 2.24) is 4.98 Å². The number of pyridine rings is 1. The lowest BCUT2D eigenvalue weighted by Gasteiger charge is -2.20. The zero-order valence-electron chi connectivity index (χ0n) is 11.1. The molecule has 0 bridgehead atoms. The average molecular weight is 271 g/mol. The molecule has 0 aliphatic carbocycles. The molecule has 19 heavy (non-hydrogen) atoms. The molecule has 2 aromatic rings. The molecule has 2 rings (SSSR count). The van der Waals surface area contributed by atoms with E-state index in [1.807, 2.05) is 50.6 Å². The molecule has 0 amide bonds. The topological polar surface area (TPSA) is 42.2 Å².